The van der Waals surface area contributed by atoms with Gasteiger partial charge in [0.2, 0.25) is 5.91 Å². The number of fused-ring (bicyclic) bond motifs is 1. The van der Waals surface area contributed by atoms with Crippen molar-refractivity contribution < 1.29 is 9.90 Å². The standard InChI is InChI=1S/C21H20Cl2N2O2/c1-2-3-6-18(26)25-19(13-7-9-14(22)10-8-13)16-12-17(23)15-5-4-11-24-20(15)21(16)27/h4-5,7-12,19,27H,2-3,6H2,1H3,(H,25,26). The Bertz CT molecular complexity index is 958. The van der Waals surface area contributed by atoms with Gasteiger partial charge >= 0.3 is 0 Å². The molecule has 0 aliphatic rings. The van der Waals surface area contributed by atoms with Gasteiger partial charge in [-0.25, -0.2) is 0 Å². The zero-order chi connectivity index (χ0) is 19.4. The number of carbonyl (C=O) groups excluding carboxylic acids is 1. The van der Waals surface area contributed by atoms with E-state index in [0.717, 1.165) is 18.4 Å². The second kappa shape index (κ2) is 8.59. The minimum Gasteiger partial charge on any atom is -0.505 e. The predicted molar refractivity (Wildman–Crippen MR) is 109 cm³/mol. The molecular formula is C21H20Cl2N2O2. The first-order valence-electron chi connectivity index (χ1n) is 8.82. The fourth-order valence-corrected chi connectivity index (χ4v) is 3.39. The Hall–Kier alpha value is -2.30. The minimum atomic E-state index is -0.560. The molecule has 1 amide bonds. The van der Waals surface area contributed by atoms with Crippen molar-refractivity contribution in [1.82, 2.24) is 10.3 Å². The van der Waals surface area contributed by atoms with E-state index in [-0.39, 0.29) is 11.7 Å². The summed E-state index contributed by atoms with van der Waals surface area (Å²) in [5.41, 5.74) is 1.70. The Morgan fingerprint density at radius 2 is 1.96 bits per heavy atom. The van der Waals surface area contributed by atoms with E-state index < -0.39 is 6.04 Å². The van der Waals surface area contributed by atoms with Crippen LogP contribution < -0.4 is 5.32 Å². The molecule has 0 spiro atoms. The molecule has 1 heterocycles. The first-order chi connectivity index (χ1) is 13.0. The molecule has 6 heteroatoms. The first-order valence-corrected chi connectivity index (χ1v) is 9.57. The average Bonchev–Trinajstić information content (AvgIpc) is 2.68. The Balaban J connectivity index is 2.09. The van der Waals surface area contributed by atoms with Crippen molar-refractivity contribution in [3.8, 4) is 5.75 Å². The molecule has 0 aliphatic heterocycles. The Kier molecular flexibility index (Phi) is 6.19. The van der Waals surface area contributed by atoms with Crippen LogP contribution >= 0.6 is 23.2 Å². The highest BCUT2D eigenvalue weighted by atomic mass is 35.5. The Morgan fingerprint density at radius 1 is 1.22 bits per heavy atom. The van der Waals surface area contributed by atoms with Gasteiger partial charge in [0.15, 0.2) is 0 Å². The largest absolute Gasteiger partial charge is 0.505 e. The Labute approximate surface area is 168 Å². The zero-order valence-corrected chi connectivity index (χ0v) is 16.4. The van der Waals surface area contributed by atoms with Crippen molar-refractivity contribution in [2.45, 2.75) is 32.2 Å². The van der Waals surface area contributed by atoms with Crippen LogP contribution in [0.15, 0.2) is 48.7 Å². The molecule has 1 unspecified atom stereocenters. The monoisotopic (exact) mass is 402 g/mol. The summed E-state index contributed by atoms with van der Waals surface area (Å²) in [6.07, 6.45) is 3.74. The zero-order valence-electron chi connectivity index (χ0n) is 14.9. The van der Waals surface area contributed by atoms with Crippen LogP contribution in [0.2, 0.25) is 10.0 Å². The minimum absolute atomic E-state index is 0.00532. The van der Waals surface area contributed by atoms with Crippen LogP contribution in [0.4, 0.5) is 0 Å². The number of hydrogen-bond acceptors (Lipinski definition) is 3. The molecule has 3 rings (SSSR count). The second-order valence-electron chi connectivity index (χ2n) is 6.35. The lowest BCUT2D eigenvalue weighted by molar-refractivity contribution is -0.121. The number of benzene rings is 2. The summed E-state index contributed by atoms with van der Waals surface area (Å²) in [4.78, 5) is 16.7. The topological polar surface area (TPSA) is 62.2 Å². The summed E-state index contributed by atoms with van der Waals surface area (Å²) in [7, 11) is 0. The predicted octanol–water partition coefficient (Wildman–Crippen LogP) is 5.64. The quantitative estimate of drug-likeness (QED) is 0.560. The molecule has 0 saturated carbocycles. The van der Waals surface area contributed by atoms with Crippen LogP contribution in [0.1, 0.15) is 43.4 Å². The van der Waals surface area contributed by atoms with Gasteiger partial charge < -0.3 is 10.4 Å². The molecule has 140 valence electrons. The average molecular weight is 403 g/mol. The van der Waals surface area contributed by atoms with Gasteiger partial charge in [0.05, 0.1) is 11.1 Å². The fraction of sp³-hybridized carbons (Fsp3) is 0.238. The molecule has 0 aliphatic carbocycles. The van der Waals surface area contributed by atoms with Crippen LogP contribution in [0, 0.1) is 0 Å². The number of halogens is 2. The molecule has 0 bridgehead atoms. The van der Waals surface area contributed by atoms with E-state index in [9.17, 15) is 9.90 Å². The number of amides is 1. The lowest BCUT2D eigenvalue weighted by Gasteiger charge is -2.22. The smallest absolute Gasteiger partial charge is 0.220 e. The van der Waals surface area contributed by atoms with Gasteiger partial charge in [0.1, 0.15) is 11.3 Å². The van der Waals surface area contributed by atoms with Crippen LogP contribution in [0.25, 0.3) is 10.9 Å². The van der Waals surface area contributed by atoms with Crippen molar-refractivity contribution in [2.24, 2.45) is 0 Å². The lowest BCUT2D eigenvalue weighted by atomic mass is 9.96. The van der Waals surface area contributed by atoms with E-state index in [1.807, 2.05) is 19.1 Å². The summed E-state index contributed by atoms with van der Waals surface area (Å²) >= 11 is 12.4. The molecule has 0 saturated heterocycles. The number of carbonyl (C=O) groups is 1. The van der Waals surface area contributed by atoms with E-state index >= 15 is 0 Å². The number of unbranched alkanes of at least 4 members (excludes halogenated alkanes) is 1. The third kappa shape index (κ3) is 4.34. The summed E-state index contributed by atoms with van der Waals surface area (Å²) in [6, 6.07) is 11.8. The number of rotatable bonds is 6. The molecule has 1 atom stereocenters. The number of aromatic nitrogens is 1. The van der Waals surface area contributed by atoms with Gasteiger partial charge in [-0.3, -0.25) is 9.78 Å². The Morgan fingerprint density at radius 3 is 2.67 bits per heavy atom. The maximum absolute atomic E-state index is 12.4. The first kappa shape index (κ1) is 19.5. The van der Waals surface area contributed by atoms with Gasteiger partial charge in [0, 0.05) is 28.6 Å². The third-order valence-corrected chi connectivity index (χ3v) is 4.99. The summed E-state index contributed by atoms with van der Waals surface area (Å²) in [5, 5.41) is 15.6. The van der Waals surface area contributed by atoms with Crippen molar-refractivity contribution in [3.05, 3.63) is 69.8 Å². The van der Waals surface area contributed by atoms with Crippen molar-refractivity contribution in [3.63, 3.8) is 0 Å². The van der Waals surface area contributed by atoms with Gasteiger partial charge in [-0.1, -0.05) is 48.7 Å². The highest BCUT2D eigenvalue weighted by Gasteiger charge is 2.23. The van der Waals surface area contributed by atoms with E-state index in [1.165, 1.54) is 0 Å². The van der Waals surface area contributed by atoms with Crippen LogP contribution in [0.5, 0.6) is 5.75 Å². The van der Waals surface area contributed by atoms with Crippen LogP contribution in [-0.2, 0) is 4.79 Å². The molecule has 4 nitrogen and oxygen atoms in total. The van der Waals surface area contributed by atoms with Gasteiger partial charge in [-0.05, 0) is 42.3 Å². The van der Waals surface area contributed by atoms with Gasteiger partial charge in [-0.2, -0.15) is 0 Å². The number of hydrogen-bond donors (Lipinski definition) is 2. The third-order valence-electron chi connectivity index (χ3n) is 4.42. The molecule has 0 fully saturated rings. The molecule has 3 aromatic rings. The maximum atomic E-state index is 12.4. The fourth-order valence-electron chi connectivity index (χ4n) is 2.99. The molecule has 2 aromatic carbocycles. The van der Waals surface area contributed by atoms with Crippen LogP contribution in [-0.4, -0.2) is 16.0 Å². The number of pyridine rings is 1. The van der Waals surface area contributed by atoms with E-state index in [4.69, 9.17) is 23.2 Å². The SMILES string of the molecule is CCCCC(=O)NC(c1ccc(Cl)cc1)c1cc(Cl)c2cccnc2c1O. The molecule has 27 heavy (non-hydrogen) atoms. The van der Waals surface area contributed by atoms with Gasteiger partial charge in [0.25, 0.3) is 0 Å². The number of nitrogens with zero attached hydrogens (tertiary/aromatic N) is 1. The molecule has 1 aromatic heterocycles. The number of nitrogens with one attached hydrogen (secondary N) is 1. The summed E-state index contributed by atoms with van der Waals surface area (Å²) in [6.45, 7) is 2.03. The molecule has 2 N–H and O–H groups in total. The van der Waals surface area contributed by atoms with E-state index in [2.05, 4.69) is 10.3 Å². The van der Waals surface area contributed by atoms with E-state index in [1.54, 1.807) is 36.5 Å². The van der Waals surface area contributed by atoms with Crippen LogP contribution in [0.3, 0.4) is 0 Å². The normalized spacial score (nSPS) is 12.1. The summed E-state index contributed by atoms with van der Waals surface area (Å²) < 4.78 is 0. The van der Waals surface area contributed by atoms with Gasteiger partial charge in [-0.15, -0.1) is 0 Å². The summed E-state index contributed by atoms with van der Waals surface area (Å²) in [5.74, 6) is -0.0841. The van der Waals surface area contributed by atoms with Crippen molar-refractivity contribution in [1.29, 1.82) is 0 Å². The van der Waals surface area contributed by atoms with E-state index in [0.29, 0.717) is 32.9 Å². The highest BCUT2D eigenvalue weighted by Crippen LogP contribution is 2.38. The van der Waals surface area contributed by atoms with Crippen molar-refractivity contribution >= 4 is 40.0 Å². The number of phenolic OH excluding ortho intramolecular Hbond substituents is 1. The second-order valence-corrected chi connectivity index (χ2v) is 7.20. The lowest BCUT2D eigenvalue weighted by Crippen LogP contribution is -2.29. The highest BCUT2D eigenvalue weighted by molar-refractivity contribution is 6.35. The molecule has 0 radical (unpaired) electrons. The number of aromatic hydroxyl groups is 1. The maximum Gasteiger partial charge on any atom is 0.220 e. The molecular weight excluding hydrogens is 383 g/mol. The van der Waals surface area contributed by atoms with Crippen molar-refractivity contribution in [2.75, 3.05) is 0 Å². The number of phenols is 1.